The van der Waals surface area contributed by atoms with Gasteiger partial charge in [0.2, 0.25) is 0 Å². The van der Waals surface area contributed by atoms with Gasteiger partial charge in [-0.15, -0.1) is 0 Å². The summed E-state index contributed by atoms with van der Waals surface area (Å²) in [6.07, 6.45) is 1.72. The number of methoxy groups -OCH3 is 1. The molecular weight excluding hydrogens is 266 g/mol. The van der Waals surface area contributed by atoms with Crippen molar-refractivity contribution in [3.8, 4) is 5.75 Å². The molecule has 0 radical (unpaired) electrons. The highest BCUT2D eigenvalue weighted by atomic mass is 16.5. The number of aryl methyl sites for hydroxylation is 1. The predicted molar refractivity (Wildman–Crippen MR) is 83.7 cm³/mol. The van der Waals surface area contributed by atoms with Gasteiger partial charge in [0.15, 0.2) is 0 Å². The number of ether oxygens (including phenoxy) is 2. The molecule has 0 aromatic heterocycles. The zero-order valence-corrected chi connectivity index (χ0v) is 13.3. The largest absolute Gasteiger partial charge is 0.496 e. The number of aliphatic hydroxyl groups excluding tert-OH is 1. The topological polar surface area (TPSA) is 41.9 Å². The zero-order chi connectivity index (χ0) is 15.2. The van der Waals surface area contributed by atoms with Crippen molar-refractivity contribution in [1.82, 2.24) is 4.90 Å². The first-order valence-electron chi connectivity index (χ1n) is 7.69. The molecule has 1 saturated heterocycles. The molecule has 21 heavy (non-hydrogen) atoms. The average Bonchev–Trinajstić information content (AvgIpc) is 2.48. The number of benzene rings is 1. The Morgan fingerprint density at radius 2 is 2.10 bits per heavy atom. The van der Waals surface area contributed by atoms with Crippen LogP contribution in [-0.4, -0.2) is 50.5 Å². The van der Waals surface area contributed by atoms with Crippen LogP contribution in [0.2, 0.25) is 0 Å². The van der Waals surface area contributed by atoms with Crippen LogP contribution < -0.4 is 4.74 Å². The van der Waals surface area contributed by atoms with Gasteiger partial charge in [0.1, 0.15) is 5.75 Å². The second-order valence-corrected chi connectivity index (χ2v) is 6.04. The predicted octanol–water partition coefficient (Wildman–Crippen LogP) is 2.40. The Balaban J connectivity index is 1.93. The Morgan fingerprint density at radius 3 is 2.76 bits per heavy atom. The van der Waals surface area contributed by atoms with Gasteiger partial charge < -0.3 is 19.5 Å². The Labute approximate surface area is 127 Å². The summed E-state index contributed by atoms with van der Waals surface area (Å²) in [5.74, 6) is 1.43. The summed E-state index contributed by atoms with van der Waals surface area (Å²) in [6, 6.07) is 5.93. The van der Waals surface area contributed by atoms with Crippen molar-refractivity contribution in [3.05, 3.63) is 29.3 Å². The van der Waals surface area contributed by atoms with Crippen molar-refractivity contribution in [2.45, 2.75) is 25.9 Å². The SMILES string of the molecule is COc1ccc(C)cc1C(O)CN(C)CC1CCOCC1. The molecule has 0 aliphatic carbocycles. The maximum atomic E-state index is 10.5. The van der Waals surface area contributed by atoms with Gasteiger partial charge in [0.25, 0.3) is 0 Å². The summed E-state index contributed by atoms with van der Waals surface area (Å²) in [5.41, 5.74) is 2.01. The normalized spacial score (nSPS) is 18.0. The molecule has 0 saturated carbocycles. The Kier molecular flexibility index (Phi) is 6.03. The first-order chi connectivity index (χ1) is 10.1. The van der Waals surface area contributed by atoms with Gasteiger partial charge >= 0.3 is 0 Å². The first-order valence-corrected chi connectivity index (χ1v) is 7.69. The molecule has 1 heterocycles. The van der Waals surface area contributed by atoms with E-state index in [1.165, 1.54) is 0 Å². The summed E-state index contributed by atoms with van der Waals surface area (Å²) in [7, 11) is 3.72. The van der Waals surface area contributed by atoms with Gasteiger partial charge in [-0.1, -0.05) is 11.6 Å². The number of aliphatic hydroxyl groups is 1. The molecule has 1 unspecified atom stereocenters. The quantitative estimate of drug-likeness (QED) is 0.874. The molecule has 1 aliphatic rings. The van der Waals surface area contributed by atoms with Crippen molar-refractivity contribution >= 4 is 0 Å². The molecule has 0 bridgehead atoms. The van der Waals surface area contributed by atoms with Crippen molar-refractivity contribution in [1.29, 1.82) is 0 Å². The lowest BCUT2D eigenvalue weighted by atomic mass is 9.99. The lowest BCUT2D eigenvalue weighted by Crippen LogP contribution is -2.32. The maximum Gasteiger partial charge on any atom is 0.124 e. The second-order valence-electron chi connectivity index (χ2n) is 6.04. The summed E-state index contributed by atoms with van der Waals surface area (Å²) >= 11 is 0. The fourth-order valence-electron chi connectivity index (χ4n) is 2.95. The molecule has 1 N–H and O–H groups in total. The summed E-state index contributed by atoms with van der Waals surface area (Å²) in [6.45, 7) is 5.40. The van der Waals surface area contributed by atoms with Crippen molar-refractivity contribution in [2.75, 3.05) is 40.5 Å². The summed E-state index contributed by atoms with van der Waals surface area (Å²) in [4.78, 5) is 2.21. The van der Waals surface area contributed by atoms with Crippen LogP contribution in [0.5, 0.6) is 5.75 Å². The van der Waals surface area contributed by atoms with E-state index in [1.807, 2.05) is 25.1 Å². The number of rotatable bonds is 6. The summed E-state index contributed by atoms with van der Waals surface area (Å²) in [5, 5.41) is 10.5. The van der Waals surface area contributed by atoms with Crippen molar-refractivity contribution in [3.63, 3.8) is 0 Å². The van der Waals surface area contributed by atoms with Crippen LogP contribution in [0.1, 0.15) is 30.1 Å². The highest BCUT2D eigenvalue weighted by molar-refractivity contribution is 5.38. The first kappa shape index (κ1) is 16.3. The van der Waals surface area contributed by atoms with E-state index in [0.717, 1.165) is 49.5 Å². The minimum atomic E-state index is -0.523. The highest BCUT2D eigenvalue weighted by Crippen LogP contribution is 2.27. The number of nitrogens with zero attached hydrogens (tertiary/aromatic N) is 1. The Bertz CT molecular complexity index is 444. The van der Waals surface area contributed by atoms with E-state index in [1.54, 1.807) is 7.11 Å². The Hall–Kier alpha value is -1.10. The van der Waals surface area contributed by atoms with E-state index in [-0.39, 0.29) is 0 Å². The van der Waals surface area contributed by atoms with Crippen LogP contribution >= 0.6 is 0 Å². The molecule has 1 aromatic rings. The molecule has 1 fully saturated rings. The van der Waals surface area contributed by atoms with Crippen molar-refractivity contribution in [2.24, 2.45) is 5.92 Å². The van der Waals surface area contributed by atoms with Crippen LogP contribution in [0.3, 0.4) is 0 Å². The van der Waals surface area contributed by atoms with Crippen LogP contribution in [0.4, 0.5) is 0 Å². The minimum Gasteiger partial charge on any atom is -0.496 e. The standard InChI is InChI=1S/C17H27NO3/c1-13-4-5-17(20-3)15(10-13)16(19)12-18(2)11-14-6-8-21-9-7-14/h4-5,10,14,16,19H,6-9,11-12H2,1-3H3. The van der Waals surface area contributed by atoms with Gasteiger partial charge in [-0.05, 0) is 44.9 Å². The molecule has 118 valence electrons. The van der Waals surface area contributed by atoms with E-state index in [0.29, 0.717) is 12.5 Å². The third kappa shape index (κ3) is 4.70. The molecular formula is C17H27NO3. The van der Waals surface area contributed by atoms with Gasteiger partial charge in [0.05, 0.1) is 13.2 Å². The van der Waals surface area contributed by atoms with E-state index >= 15 is 0 Å². The van der Waals surface area contributed by atoms with E-state index < -0.39 is 6.10 Å². The monoisotopic (exact) mass is 293 g/mol. The Morgan fingerprint density at radius 1 is 1.38 bits per heavy atom. The number of likely N-dealkylation sites (N-methyl/N-ethyl adjacent to an activating group) is 1. The number of hydrogen-bond donors (Lipinski definition) is 1. The molecule has 2 rings (SSSR count). The highest BCUT2D eigenvalue weighted by Gasteiger charge is 2.19. The maximum absolute atomic E-state index is 10.5. The third-order valence-corrected chi connectivity index (χ3v) is 4.14. The van der Waals surface area contributed by atoms with Gasteiger partial charge in [-0.2, -0.15) is 0 Å². The van der Waals surface area contributed by atoms with Crippen LogP contribution in [0.25, 0.3) is 0 Å². The van der Waals surface area contributed by atoms with Crippen LogP contribution in [-0.2, 0) is 4.74 Å². The molecule has 1 atom stereocenters. The summed E-state index contributed by atoms with van der Waals surface area (Å²) < 4.78 is 10.7. The molecule has 0 spiro atoms. The van der Waals surface area contributed by atoms with E-state index in [9.17, 15) is 5.11 Å². The molecule has 1 aliphatic heterocycles. The molecule has 4 nitrogen and oxygen atoms in total. The second kappa shape index (κ2) is 7.78. The fraction of sp³-hybridized carbons (Fsp3) is 0.647. The molecule has 4 heteroatoms. The van der Waals surface area contributed by atoms with E-state index in [2.05, 4.69) is 11.9 Å². The average molecular weight is 293 g/mol. The lowest BCUT2D eigenvalue weighted by molar-refractivity contribution is 0.0475. The van der Waals surface area contributed by atoms with E-state index in [4.69, 9.17) is 9.47 Å². The zero-order valence-electron chi connectivity index (χ0n) is 13.3. The molecule has 0 amide bonds. The minimum absolute atomic E-state index is 0.523. The number of hydrogen-bond acceptors (Lipinski definition) is 4. The molecule has 1 aromatic carbocycles. The van der Waals surface area contributed by atoms with Crippen LogP contribution in [0, 0.1) is 12.8 Å². The smallest absolute Gasteiger partial charge is 0.124 e. The van der Waals surface area contributed by atoms with Crippen LogP contribution in [0.15, 0.2) is 18.2 Å². The fourth-order valence-corrected chi connectivity index (χ4v) is 2.95. The van der Waals surface area contributed by atoms with Crippen molar-refractivity contribution < 1.29 is 14.6 Å². The third-order valence-electron chi connectivity index (χ3n) is 4.14. The van der Waals surface area contributed by atoms with Gasteiger partial charge in [-0.25, -0.2) is 0 Å². The van der Waals surface area contributed by atoms with Gasteiger partial charge in [-0.3, -0.25) is 0 Å². The van der Waals surface area contributed by atoms with Gasteiger partial charge in [0, 0.05) is 31.9 Å². The lowest BCUT2D eigenvalue weighted by Gasteiger charge is -2.28.